The third kappa shape index (κ3) is 2.41. The molecule has 0 unspecified atom stereocenters. The fraction of sp³-hybridized carbons (Fsp3) is 0.217. The molecule has 24 heavy (non-hydrogen) atoms. The Morgan fingerprint density at radius 1 is 0.792 bits per heavy atom. The monoisotopic (exact) mass is 314 g/mol. The van der Waals surface area contributed by atoms with Gasteiger partial charge >= 0.3 is 0 Å². The number of phenols is 1. The van der Waals surface area contributed by atoms with Crippen LogP contribution in [0, 0.1) is 0 Å². The highest BCUT2D eigenvalue weighted by molar-refractivity contribution is 5.81. The van der Waals surface area contributed by atoms with E-state index in [1.165, 1.54) is 40.7 Å². The molecule has 1 N–H and O–H groups in total. The number of benzene rings is 3. The van der Waals surface area contributed by atoms with E-state index in [0.717, 1.165) is 12.0 Å². The predicted octanol–water partition coefficient (Wildman–Crippen LogP) is 5.90. The van der Waals surface area contributed by atoms with E-state index >= 15 is 0 Å². The second-order valence-electron chi connectivity index (χ2n) is 6.60. The lowest BCUT2D eigenvalue weighted by molar-refractivity contribution is 0.467. The average Bonchev–Trinajstić information content (AvgIpc) is 2.96. The molecule has 1 aliphatic rings. The van der Waals surface area contributed by atoms with Crippen LogP contribution in [-0.4, -0.2) is 5.11 Å². The van der Waals surface area contributed by atoms with E-state index in [-0.39, 0.29) is 5.92 Å². The number of hydrogen-bond donors (Lipinski definition) is 1. The standard InChI is InChI=1S/C23H22O/c1-2-3-8-16-13-14-22(24)21(15-16)23-19-11-6-4-9-17(19)18-10-5-7-12-20(18)23/h4-7,9-15,23-24H,2-3,8H2,1H3. The number of fused-ring (bicyclic) bond motifs is 3. The molecule has 0 bridgehead atoms. The number of unbranched alkanes of at least 4 members (excludes halogenated alkanes) is 1. The molecule has 0 aliphatic heterocycles. The summed E-state index contributed by atoms with van der Waals surface area (Å²) in [6, 6.07) is 23.3. The number of hydrogen-bond acceptors (Lipinski definition) is 1. The van der Waals surface area contributed by atoms with Crippen LogP contribution in [-0.2, 0) is 6.42 Å². The summed E-state index contributed by atoms with van der Waals surface area (Å²) in [4.78, 5) is 0. The van der Waals surface area contributed by atoms with Crippen LogP contribution in [0.4, 0.5) is 0 Å². The van der Waals surface area contributed by atoms with Crippen molar-refractivity contribution in [3.05, 3.63) is 89.0 Å². The average molecular weight is 314 g/mol. The van der Waals surface area contributed by atoms with Crippen molar-refractivity contribution in [3.63, 3.8) is 0 Å². The molecule has 3 aromatic rings. The molecule has 0 radical (unpaired) electrons. The first-order valence-corrected chi connectivity index (χ1v) is 8.79. The van der Waals surface area contributed by atoms with Crippen LogP contribution >= 0.6 is 0 Å². The Labute approximate surface area is 143 Å². The minimum Gasteiger partial charge on any atom is -0.508 e. The zero-order valence-corrected chi connectivity index (χ0v) is 14.0. The van der Waals surface area contributed by atoms with Gasteiger partial charge in [0.15, 0.2) is 0 Å². The van der Waals surface area contributed by atoms with E-state index in [1.54, 1.807) is 0 Å². The lowest BCUT2D eigenvalue weighted by Gasteiger charge is -2.17. The number of aromatic hydroxyl groups is 1. The normalized spacial score (nSPS) is 12.9. The van der Waals surface area contributed by atoms with Gasteiger partial charge in [0, 0.05) is 11.5 Å². The molecule has 120 valence electrons. The first-order valence-electron chi connectivity index (χ1n) is 8.79. The summed E-state index contributed by atoms with van der Waals surface area (Å²) in [5.41, 5.74) is 7.50. The highest BCUT2D eigenvalue weighted by Gasteiger charge is 2.30. The summed E-state index contributed by atoms with van der Waals surface area (Å²) < 4.78 is 0. The highest BCUT2D eigenvalue weighted by Crippen LogP contribution is 2.49. The third-order valence-electron chi connectivity index (χ3n) is 5.06. The van der Waals surface area contributed by atoms with Gasteiger partial charge in [-0.25, -0.2) is 0 Å². The second kappa shape index (κ2) is 6.16. The number of aryl methyl sites for hydroxylation is 1. The maximum Gasteiger partial charge on any atom is 0.119 e. The van der Waals surface area contributed by atoms with Crippen LogP contribution in [0.15, 0.2) is 66.7 Å². The summed E-state index contributed by atoms with van der Waals surface area (Å²) in [6.45, 7) is 2.21. The van der Waals surface area contributed by atoms with E-state index in [4.69, 9.17) is 0 Å². The summed E-state index contributed by atoms with van der Waals surface area (Å²) in [6.07, 6.45) is 3.44. The van der Waals surface area contributed by atoms with Gasteiger partial charge in [-0.3, -0.25) is 0 Å². The maximum absolute atomic E-state index is 10.6. The van der Waals surface area contributed by atoms with Gasteiger partial charge < -0.3 is 5.11 Å². The zero-order valence-electron chi connectivity index (χ0n) is 14.0. The van der Waals surface area contributed by atoms with Crippen LogP contribution in [0.5, 0.6) is 5.75 Å². The Hall–Kier alpha value is -2.54. The number of rotatable bonds is 4. The van der Waals surface area contributed by atoms with Gasteiger partial charge in [-0.1, -0.05) is 74.0 Å². The molecule has 0 atom stereocenters. The second-order valence-corrected chi connectivity index (χ2v) is 6.60. The van der Waals surface area contributed by atoms with Crippen molar-refractivity contribution >= 4 is 0 Å². The molecule has 0 saturated heterocycles. The van der Waals surface area contributed by atoms with Crippen molar-refractivity contribution in [2.24, 2.45) is 0 Å². The van der Waals surface area contributed by atoms with Gasteiger partial charge in [0.2, 0.25) is 0 Å². The minimum absolute atomic E-state index is 0.124. The Morgan fingerprint density at radius 2 is 1.42 bits per heavy atom. The Balaban J connectivity index is 1.87. The van der Waals surface area contributed by atoms with Gasteiger partial charge in [0.25, 0.3) is 0 Å². The Morgan fingerprint density at radius 3 is 2.04 bits per heavy atom. The van der Waals surface area contributed by atoms with E-state index in [2.05, 4.69) is 67.6 Å². The molecular weight excluding hydrogens is 292 g/mol. The SMILES string of the molecule is CCCCc1ccc(O)c(C2c3ccccc3-c3ccccc32)c1. The quantitative estimate of drug-likeness (QED) is 0.497. The van der Waals surface area contributed by atoms with Gasteiger partial charge in [0.1, 0.15) is 5.75 Å². The van der Waals surface area contributed by atoms with E-state index in [9.17, 15) is 5.11 Å². The summed E-state index contributed by atoms with van der Waals surface area (Å²) in [5.74, 6) is 0.519. The zero-order chi connectivity index (χ0) is 16.5. The van der Waals surface area contributed by atoms with Crippen molar-refractivity contribution in [1.82, 2.24) is 0 Å². The first-order chi connectivity index (χ1) is 11.8. The van der Waals surface area contributed by atoms with Crippen molar-refractivity contribution in [1.29, 1.82) is 0 Å². The molecule has 0 spiro atoms. The molecule has 1 aliphatic carbocycles. The van der Waals surface area contributed by atoms with Crippen molar-refractivity contribution in [2.75, 3.05) is 0 Å². The van der Waals surface area contributed by atoms with Crippen LogP contribution < -0.4 is 0 Å². The van der Waals surface area contributed by atoms with Gasteiger partial charge in [-0.05, 0) is 46.7 Å². The third-order valence-corrected chi connectivity index (χ3v) is 5.06. The molecule has 0 fully saturated rings. The summed E-state index contributed by atoms with van der Waals surface area (Å²) in [5, 5.41) is 10.6. The fourth-order valence-electron chi connectivity index (χ4n) is 3.86. The van der Waals surface area contributed by atoms with Crippen LogP contribution in [0.1, 0.15) is 47.9 Å². The lowest BCUT2D eigenvalue weighted by Crippen LogP contribution is -2.01. The first kappa shape index (κ1) is 15.0. The summed E-state index contributed by atoms with van der Waals surface area (Å²) in [7, 11) is 0. The highest BCUT2D eigenvalue weighted by atomic mass is 16.3. The van der Waals surface area contributed by atoms with Crippen LogP contribution in [0.2, 0.25) is 0 Å². The van der Waals surface area contributed by atoms with Gasteiger partial charge in [-0.2, -0.15) is 0 Å². The minimum atomic E-state index is 0.124. The topological polar surface area (TPSA) is 20.2 Å². The van der Waals surface area contributed by atoms with E-state index in [1.807, 2.05) is 6.07 Å². The Kier molecular flexibility index (Phi) is 3.86. The van der Waals surface area contributed by atoms with E-state index in [0.29, 0.717) is 5.75 Å². The molecule has 0 aromatic heterocycles. The molecule has 1 heteroatoms. The van der Waals surface area contributed by atoms with Crippen LogP contribution in [0.25, 0.3) is 11.1 Å². The molecule has 4 rings (SSSR count). The van der Waals surface area contributed by atoms with E-state index < -0.39 is 0 Å². The van der Waals surface area contributed by atoms with Crippen molar-refractivity contribution in [3.8, 4) is 16.9 Å². The molecule has 3 aromatic carbocycles. The fourth-order valence-corrected chi connectivity index (χ4v) is 3.86. The molecular formula is C23H22O. The largest absolute Gasteiger partial charge is 0.508 e. The molecule has 0 amide bonds. The molecule has 0 heterocycles. The molecule has 0 saturated carbocycles. The predicted molar refractivity (Wildman–Crippen MR) is 99.5 cm³/mol. The van der Waals surface area contributed by atoms with Crippen LogP contribution in [0.3, 0.4) is 0 Å². The van der Waals surface area contributed by atoms with Gasteiger partial charge in [-0.15, -0.1) is 0 Å². The van der Waals surface area contributed by atoms with Crippen molar-refractivity contribution in [2.45, 2.75) is 32.1 Å². The molecule has 1 nitrogen and oxygen atoms in total. The summed E-state index contributed by atoms with van der Waals surface area (Å²) >= 11 is 0. The Bertz CT molecular complexity index is 833. The van der Waals surface area contributed by atoms with Gasteiger partial charge in [0.05, 0.1) is 0 Å². The smallest absolute Gasteiger partial charge is 0.119 e. The number of phenolic OH excluding ortho intramolecular Hbond substituents is 1. The lowest BCUT2D eigenvalue weighted by atomic mass is 9.87. The van der Waals surface area contributed by atoms with Crippen molar-refractivity contribution < 1.29 is 5.11 Å². The maximum atomic E-state index is 10.6.